The Morgan fingerprint density at radius 1 is 1.10 bits per heavy atom. The molecule has 3 nitrogen and oxygen atoms in total. The quantitative estimate of drug-likeness (QED) is 0.385. The third-order valence-corrected chi connectivity index (χ3v) is 5.29. The third kappa shape index (κ3) is 4.73. The Morgan fingerprint density at radius 2 is 1.76 bits per heavy atom. The fraction of sp³-hybridized carbons (Fsp3) is 0.292. The minimum atomic E-state index is -1.78. The van der Waals surface area contributed by atoms with Gasteiger partial charge in [-0.05, 0) is 48.3 Å². The Morgan fingerprint density at radius 3 is 2.38 bits per heavy atom. The van der Waals surface area contributed by atoms with Crippen molar-refractivity contribution in [2.24, 2.45) is 17.3 Å². The summed E-state index contributed by atoms with van der Waals surface area (Å²) >= 11 is 0. The van der Waals surface area contributed by atoms with E-state index in [0.717, 1.165) is 6.08 Å². The molecule has 29 heavy (non-hydrogen) atoms. The number of hydrogen-bond donors (Lipinski definition) is 0. The van der Waals surface area contributed by atoms with E-state index in [4.69, 9.17) is 9.47 Å². The number of allylic oxidation sites excluding steroid dienone is 1. The lowest BCUT2D eigenvalue weighted by molar-refractivity contribution is -0.150. The highest BCUT2D eigenvalue weighted by molar-refractivity contribution is 5.78. The van der Waals surface area contributed by atoms with E-state index in [2.05, 4.69) is 6.58 Å². The summed E-state index contributed by atoms with van der Waals surface area (Å²) in [6.45, 7) is 9.27. The minimum Gasteiger partial charge on any atom is -0.457 e. The summed E-state index contributed by atoms with van der Waals surface area (Å²) in [5.41, 5.74) is 0.789. The monoisotopic (exact) mass is 398 g/mol. The van der Waals surface area contributed by atoms with Crippen molar-refractivity contribution in [2.75, 3.05) is 0 Å². The van der Waals surface area contributed by atoms with Crippen molar-refractivity contribution in [3.63, 3.8) is 0 Å². The highest BCUT2D eigenvalue weighted by atomic mass is 19.3. The van der Waals surface area contributed by atoms with E-state index in [1.165, 1.54) is 0 Å². The van der Waals surface area contributed by atoms with Crippen LogP contribution in [0.2, 0.25) is 0 Å². The first-order chi connectivity index (χ1) is 13.7. The zero-order valence-corrected chi connectivity index (χ0v) is 16.7. The van der Waals surface area contributed by atoms with Crippen LogP contribution in [0, 0.1) is 17.3 Å². The molecule has 0 aliphatic heterocycles. The van der Waals surface area contributed by atoms with Crippen molar-refractivity contribution in [3.8, 4) is 11.5 Å². The predicted molar refractivity (Wildman–Crippen MR) is 108 cm³/mol. The van der Waals surface area contributed by atoms with Crippen LogP contribution in [0.1, 0.15) is 32.4 Å². The minimum absolute atomic E-state index is 0.500. The molecule has 3 unspecified atom stereocenters. The second-order valence-corrected chi connectivity index (χ2v) is 7.93. The zero-order valence-electron chi connectivity index (χ0n) is 16.7. The number of carbonyl (C=O) groups excluding carboxylic acids is 1. The largest absolute Gasteiger partial charge is 0.457 e. The smallest absolute Gasteiger partial charge is 0.311 e. The van der Waals surface area contributed by atoms with Gasteiger partial charge in [0.15, 0.2) is 0 Å². The van der Waals surface area contributed by atoms with Crippen molar-refractivity contribution < 1.29 is 23.0 Å². The number of rotatable bonds is 7. The topological polar surface area (TPSA) is 35.5 Å². The molecule has 3 rings (SSSR count). The van der Waals surface area contributed by atoms with Gasteiger partial charge in [-0.25, -0.2) is 0 Å². The molecule has 0 N–H and O–H groups in total. The number of carbonyl (C=O) groups is 1. The second kappa shape index (κ2) is 8.19. The molecule has 1 aliphatic rings. The number of halogens is 2. The average Bonchev–Trinajstić information content (AvgIpc) is 3.19. The molecule has 152 valence electrons. The van der Waals surface area contributed by atoms with Gasteiger partial charge in [-0.1, -0.05) is 50.8 Å². The highest BCUT2D eigenvalue weighted by Gasteiger charge is 2.62. The van der Waals surface area contributed by atoms with Crippen LogP contribution in [-0.2, 0) is 9.53 Å². The van der Waals surface area contributed by atoms with E-state index >= 15 is 0 Å². The summed E-state index contributed by atoms with van der Waals surface area (Å²) in [6, 6.07) is 16.6. The molecular formula is C24H24F2O3. The van der Waals surface area contributed by atoms with Gasteiger partial charge in [-0.15, -0.1) is 0 Å². The summed E-state index contributed by atoms with van der Waals surface area (Å²) in [5.74, 6) is -0.341. The van der Waals surface area contributed by atoms with Crippen LogP contribution in [-0.4, -0.2) is 5.97 Å². The van der Waals surface area contributed by atoms with E-state index in [0.29, 0.717) is 22.6 Å². The van der Waals surface area contributed by atoms with E-state index in [-0.39, 0.29) is 0 Å². The standard InChI is InChI=1S/C24H24F2O3/c1-15(2)22(29-23(27)21-19(14-20(25)26)24(21,3)4)16-9-8-12-18(13-16)28-17-10-6-5-7-11-17/h5-14,19,21-22H,1H2,2-4H3. The fourth-order valence-corrected chi connectivity index (χ4v) is 3.58. The SMILES string of the molecule is C=C(C)C(OC(=O)C1C(C=C(F)F)C1(C)C)c1cccc(Oc2ccccc2)c1. The van der Waals surface area contributed by atoms with Gasteiger partial charge in [0.2, 0.25) is 0 Å². The Bertz CT molecular complexity index is 930. The van der Waals surface area contributed by atoms with Gasteiger partial charge in [0.25, 0.3) is 6.08 Å². The Balaban J connectivity index is 1.77. The first kappa shape index (κ1) is 20.8. The molecule has 5 heteroatoms. The van der Waals surface area contributed by atoms with Crippen LogP contribution >= 0.6 is 0 Å². The van der Waals surface area contributed by atoms with Gasteiger partial charge in [-0.2, -0.15) is 8.78 Å². The summed E-state index contributed by atoms with van der Waals surface area (Å²) in [5, 5.41) is 0. The second-order valence-electron chi connectivity index (χ2n) is 7.93. The molecule has 3 atom stereocenters. The first-order valence-corrected chi connectivity index (χ1v) is 9.41. The zero-order chi connectivity index (χ0) is 21.2. The molecule has 1 aliphatic carbocycles. The fourth-order valence-electron chi connectivity index (χ4n) is 3.58. The molecule has 0 radical (unpaired) electrons. The number of benzene rings is 2. The lowest BCUT2D eigenvalue weighted by Crippen LogP contribution is -2.16. The Hall–Kier alpha value is -2.95. The average molecular weight is 398 g/mol. The van der Waals surface area contributed by atoms with Gasteiger partial charge in [0, 0.05) is 11.5 Å². The highest BCUT2D eigenvalue weighted by Crippen LogP contribution is 2.60. The molecule has 0 spiro atoms. The third-order valence-electron chi connectivity index (χ3n) is 5.29. The molecule has 0 bridgehead atoms. The van der Waals surface area contributed by atoms with Gasteiger partial charge >= 0.3 is 5.97 Å². The maximum absolute atomic E-state index is 12.7. The van der Waals surface area contributed by atoms with Crippen molar-refractivity contribution in [1.29, 1.82) is 0 Å². The van der Waals surface area contributed by atoms with Crippen LogP contribution < -0.4 is 4.74 Å². The normalized spacial score (nSPS) is 20.3. The lowest BCUT2D eigenvalue weighted by atomic mass is 10.0. The summed E-state index contributed by atoms with van der Waals surface area (Å²) in [7, 11) is 0. The molecule has 1 saturated carbocycles. The number of hydrogen-bond acceptors (Lipinski definition) is 3. The molecule has 0 heterocycles. The Labute approximate surface area is 169 Å². The molecule has 0 saturated heterocycles. The number of esters is 1. The van der Waals surface area contributed by atoms with Crippen molar-refractivity contribution in [1.82, 2.24) is 0 Å². The lowest BCUT2D eigenvalue weighted by Gasteiger charge is -2.20. The maximum atomic E-state index is 12.7. The first-order valence-electron chi connectivity index (χ1n) is 9.41. The molecular weight excluding hydrogens is 374 g/mol. The van der Waals surface area contributed by atoms with Crippen molar-refractivity contribution in [2.45, 2.75) is 26.9 Å². The van der Waals surface area contributed by atoms with Crippen LogP contribution in [0.25, 0.3) is 0 Å². The summed E-state index contributed by atoms with van der Waals surface area (Å²) in [4.78, 5) is 12.7. The van der Waals surface area contributed by atoms with Crippen molar-refractivity contribution >= 4 is 5.97 Å². The summed E-state index contributed by atoms with van der Waals surface area (Å²) < 4.78 is 36.9. The van der Waals surface area contributed by atoms with Gasteiger partial charge < -0.3 is 9.47 Å². The van der Waals surface area contributed by atoms with Crippen LogP contribution in [0.4, 0.5) is 8.78 Å². The molecule has 2 aromatic rings. The molecule has 0 aromatic heterocycles. The molecule has 0 amide bonds. The van der Waals surface area contributed by atoms with E-state index in [9.17, 15) is 13.6 Å². The van der Waals surface area contributed by atoms with Crippen LogP contribution in [0.3, 0.4) is 0 Å². The van der Waals surface area contributed by atoms with Crippen LogP contribution in [0.5, 0.6) is 11.5 Å². The van der Waals surface area contributed by atoms with E-state index in [1.807, 2.05) is 48.5 Å². The van der Waals surface area contributed by atoms with Gasteiger partial charge in [0.1, 0.15) is 17.6 Å². The van der Waals surface area contributed by atoms with Crippen molar-refractivity contribution in [3.05, 3.63) is 84.5 Å². The van der Waals surface area contributed by atoms with Gasteiger partial charge in [0.05, 0.1) is 5.92 Å². The van der Waals surface area contributed by atoms with E-state index in [1.54, 1.807) is 26.8 Å². The summed E-state index contributed by atoms with van der Waals surface area (Å²) in [6.07, 6.45) is -1.62. The van der Waals surface area contributed by atoms with E-state index < -0.39 is 35.4 Å². The molecule has 1 fully saturated rings. The number of ether oxygens (including phenoxy) is 2. The number of para-hydroxylation sites is 1. The molecule has 2 aromatic carbocycles. The predicted octanol–water partition coefficient (Wildman–Crippen LogP) is 6.69. The van der Waals surface area contributed by atoms with Crippen LogP contribution in [0.15, 0.2) is 78.9 Å². The van der Waals surface area contributed by atoms with Gasteiger partial charge in [-0.3, -0.25) is 4.79 Å². The maximum Gasteiger partial charge on any atom is 0.311 e. The Kier molecular flexibility index (Phi) is 5.87.